The molecule has 26 heavy (non-hydrogen) atoms. The zero-order chi connectivity index (χ0) is 18.7. The number of nitrogens with one attached hydrogen (secondary N) is 1. The number of hydrogen-bond acceptors (Lipinski definition) is 2. The summed E-state index contributed by atoms with van der Waals surface area (Å²) in [5, 5.41) is 3.09. The van der Waals surface area contributed by atoms with E-state index >= 15 is 0 Å². The standard InChI is InChI=1S/C23H29NO2/c1-15-12-13-20(16(2)14-15)17(3)24-23(25)18(4)26-22-11-7-9-19-8-5-6-10-21(19)22/h7,9,11-14,17-18H,5-6,8,10H2,1-4H3,(H,24,25). The minimum atomic E-state index is -0.517. The van der Waals surface area contributed by atoms with E-state index in [1.165, 1.54) is 35.1 Å². The van der Waals surface area contributed by atoms with Crippen LogP contribution in [0.25, 0.3) is 0 Å². The maximum Gasteiger partial charge on any atom is 0.261 e. The molecule has 0 fully saturated rings. The summed E-state index contributed by atoms with van der Waals surface area (Å²) in [4.78, 5) is 12.6. The van der Waals surface area contributed by atoms with Crippen LogP contribution < -0.4 is 10.1 Å². The predicted octanol–water partition coefficient (Wildman–Crippen LogP) is 4.83. The third kappa shape index (κ3) is 4.09. The van der Waals surface area contributed by atoms with Gasteiger partial charge >= 0.3 is 0 Å². The smallest absolute Gasteiger partial charge is 0.261 e. The van der Waals surface area contributed by atoms with Crippen molar-refractivity contribution in [2.24, 2.45) is 0 Å². The molecule has 1 N–H and O–H groups in total. The molecule has 1 aliphatic carbocycles. The third-order valence-electron chi connectivity index (χ3n) is 5.28. The summed E-state index contributed by atoms with van der Waals surface area (Å²) in [5.74, 6) is 0.787. The molecule has 3 nitrogen and oxygen atoms in total. The van der Waals surface area contributed by atoms with Gasteiger partial charge in [0.25, 0.3) is 5.91 Å². The number of carbonyl (C=O) groups excluding carboxylic acids is 1. The van der Waals surface area contributed by atoms with Gasteiger partial charge in [0.15, 0.2) is 6.10 Å². The second kappa shape index (κ2) is 7.94. The lowest BCUT2D eigenvalue weighted by molar-refractivity contribution is -0.127. The number of amides is 1. The first-order valence-corrected chi connectivity index (χ1v) is 9.60. The molecule has 0 aliphatic heterocycles. The predicted molar refractivity (Wildman–Crippen MR) is 106 cm³/mol. The fourth-order valence-electron chi connectivity index (χ4n) is 3.82. The van der Waals surface area contributed by atoms with Crippen molar-refractivity contribution in [2.75, 3.05) is 0 Å². The molecule has 3 heteroatoms. The second-order valence-electron chi connectivity index (χ2n) is 7.45. The van der Waals surface area contributed by atoms with Crippen LogP contribution in [0.3, 0.4) is 0 Å². The Kier molecular flexibility index (Phi) is 5.65. The Hall–Kier alpha value is -2.29. The van der Waals surface area contributed by atoms with E-state index in [1.54, 1.807) is 0 Å². The summed E-state index contributed by atoms with van der Waals surface area (Å²) in [6.45, 7) is 8.01. The highest BCUT2D eigenvalue weighted by Crippen LogP contribution is 2.30. The second-order valence-corrected chi connectivity index (χ2v) is 7.45. The summed E-state index contributed by atoms with van der Waals surface area (Å²) < 4.78 is 6.05. The SMILES string of the molecule is Cc1ccc(C(C)NC(=O)C(C)Oc2cccc3c2CCCC3)c(C)c1. The minimum absolute atomic E-state index is 0.0427. The topological polar surface area (TPSA) is 38.3 Å². The van der Waals surface area contributed by atoms with Crippen molar-refractivity contribution in [2.45, 2.75) is 65.5 Å². The van der Waals surface area contributed by atoms with Gasteiger partial charge in [0.2, 0.25) is 0 Å². The van der Waals surface area contributed by atoms with Crippen molar-refractivity contribution in [3.05, 3.63) is 64.2 Å². The summed E-state index contributed by atoms with van der Waals surface area (Å²) >= 11 is 0. The molecule has 138 valence electrons. The quantitative estimate of drug-likeness (QED) is 0.838. The van der Waals surface area contributed by atoms with Crippen LogP contribution in [0, 0.1) is 13.8 Å². The number of hydrogen-bond donors (Lipinski definition) is 1. The zero-order valence-electron chi connectivity index (χ0n) is 16.3. The molecule has 2 atom stereocenters. The number of rotatable bonds is 5. The number of carbonyl (C=O) groups is 1. The molecule has 0 bridgehead atoms. The average molecular weight is 351 g/mol. The van der Waals surface area contributed by atoms with Crippen LogP contribution in [-0.4, -0.2) is 12.0 Å². The van der Waals surface area contributed by atoms with Gasteiger partial charge < -0.3 is 10.1 Å². The van der Waals surface area contributed by atoms with Gasteiger partial charge in [0.05, 0.1) is 6.04 Å². The Balaban J connectivity index is 1.67. The highest BCUT2D eigenvalue weighted by molar-refractivity contribution is 5.81. The molecular formula is C23H29NO2. The molecule has 2 unspecified atom stereocenters. The van der Waals surface area contributed by atoms with E-state index in [1.807, 2.05) is 26.0 Å². The van der Waals surface area contributed by atoms with Gasteiger partial charge in [-0.3, -0.25) is 4.79 Å². The molecule has 0 spiro atoms. The van der Waals surface area contributed by atoms with Crippen LogP contribution in [0.1, 0.15) is 60.5 Å². The Labute approximate surface area is 156 Å². The first-order chi connectivity index (χ1) is 12.5. The Morgan fingerprint density at radius 1 is 1.08 bits per heavy atom. The Morgan fingerprint density at radius 2 is 1.85 bits per heavy atom. The average Bonchev–Trinajstić information content (AvgIpc) is 2.61. The molecule has 0 aromatic heterocycles. The number of fused-ring (bicyclic) bond motifs is 1. The van der Waals surface area contributed by atoms with Crippen molar-refractivity contribution < 1.29 is 9.53 Å². The van der Waals surface area contributed by atoms with Crippen molar-refractivity contribution in [3.63, 3.8) is 0 Å². The van der Waals surface area contributed by atoms with E-state index in [0.29, 0.717) is 0 Å². The normalized spacial score (nSPS) is 15.7. The maximum absolute atomic E-state index is 12.6. The largest absolute Gasteiger partial charge is 0.481 e. The molecule has 0 saturated heterocycles. The minimum Gasteiger partial charge on any atom is -0.481 e. The monoisotopic (exact) mass is 351 g/mol. The molecule has 3 rings (SSSR count). The lowest BCUT2D eigenvalue weighted by Gasteiger charge is -2.23. The summed E-state index contributed by atoms with van der Waals surface area (Å²) in [7, 11) is 0. The number of aryl methyl sites for hydroxylation is 3. The van der Waals surface area contributed by atoms with Gasteiger partial charge in [0.1, 0.15) is 5.75 Å². The fourth-order valence-corrected chi connectivity index (χ4v) is 3.82. The van der Waals surface area contributed by atoms with E-state index < -0.39 is 6.10 Å². The van der Waals surface area contributed by atoms with E-state index in [-0.39, 0.29) is 11.9 Å². The fraction of sp³-hybridized carbons (Fsp3) is 0.435. The van der Waals surface area contributed by atoms with Crippen LogP contribution in [0.2, 0.25) is 0 Å². The highest BCUT2D eigenvalue weighted by atomic mass is 16.5. The molecule has 0 heterocycles. The zero-order valence-corrected chi connectivity index (χ0v) is 16.3. The van der Waals surface area contributed by atoms with Crippen LogP contribution in [0.4, 0.5) is 0 Å². The van der Waals surface area contributed by atoms with E-state index in [0.717, 1.165) is 24.2 Å². The van der Waals surface area contributed by atoms with Crippen LogP contribution >= 0.6 is 0 Å². The van der Waals surface area contributed by atoms with Gasteiger partial charge in [-0.2, -0.15) is 0 Å². The Morgan fingerprint density at radius 3 is 2.62 bits per heavy atom. The lowest BCUT2D eigenvalue weighted by Crippen LogP contribution is -2.38. The van der Waals surface area contributed by atoms with E-state index in [9.17, 15) is 4.79 Å². The van der Waals surface area contributed by atoms with Gasteiger partial charge in [-0.15, -0.1) is 0 Å². The summed E-state index contributed by atoms with van der Waals surface area (Å²) in [5.41, 5.74) is 6.22. The molecule has 1 amide bonds. The third-order valence-corrected chi connectivity index (χ3v) is 5.28. The van der Waals surface area contributed by atoms with Gasteiger partial charge in [-0.25, -0.2) is 0 Å². The van der Waals surface area contributed by atoms with E-state index in [2.05, 4.69) is 43.4 Å². The van der Waals surface area contributed by atoms with Crippen molar-refractivity contribution in [3.8, 4) is 5.75 Å². The van der Waals surface area contributed by atoms with Gasteiger partial charge in [0, 0.05) is 0 Å². The van der Waals surface area contributed by atoms with Gasteiger partial charge in [-0.05, 0) is 81.7 Å². The van der Waals surface area contributed by atoms with Crippen LogP contribution in [0.5, 0.6) is 5.75 Å². The van der Waals surface area contributed by atoms with Crippen LogP contribution in [-0.2, 0) is 17.6 Å². The summed E-state index contributed by atoms with van der Waals surface area (Å²) in [6, 6.07) is 12.5. The Bertz CT molecular complexity index is 797. The van der Waals surface area contributed by atoms with Crippen molar-refractivity contribution in [1.82, 2.24) is 5.32 Å². The van der Waals surface area contributed by atoms with Crippen LogP contribution in [0.15, 0.2) is 36.4 Å². The van der Waals surface area contributed by atoms with Gasteiger partial charge in [-0.1, -0.05) is 35.9 Å². The first-order valence-electron chi connectivity index (χ1n) is 9.60. The molecular weight excluding hydrogens is 322 g/mol. The molecule has 0 saturated carbocycles. The molecule has 2 aromatic carbocycles. The first kappa shape index (κ1) is 18.5. The number of ether oxygens (including phenoxy) is 1. The number of benzene rings is 2. The molecule has 1 aliphatic rings. The van der Waals surface area contributed by atoms with Crippen molar-refractivity contribution >= 4 is 5.91 Å². The lowest BCUT2D eigenvalue weighted by atomic mass is 9.91. The summed E-state index contributed by atoms with van der Waals surface area (Å²) in [6.07, 6.45) is 4.06. The maximum atomic E-state index is 12.6. The van der Waals surface area contributed by atoms with Crippen molar-refractivity contribution in [1.29, 1.82) is 0 Å². The van der Waals surface area contributed by atoms with E-state index in [4.69, 9.17) is 4.74 Å². The molecule has 0 radical (unpaired) electrons. The highest BCUT2D eigenvalue weighted by Gasteiger charge is 2.21. The molecule has 2 aromatic rings.